The summed E-state index contributed by atoms with van der Waals surface area (Å²) in [6.07, 6.45) is 2.07. The van der Waals surface area contributed by atoms with Gasteiger partial charge in [-0.1, -0.05) is 48.5 Å². The summed E-state index contributed by atoms with van der Waals surface area (Å²) in [5.41, 5.74) is 6.34. The van der Waals surface area contributed by atoms with E-state index < -0.39 is 12.1 Å². The van der Waals surface area contributed by atoms with E-state index in [9.17, 15) is 15.0 Å². The van der Waals surface area contributed by atoms with E-state index in [2.05, 4.69) is 50.5 Å². The molecule has 0 saturated heterocycles. The maximum absolute atomic E-state index is 11.4. The quantitative estimate of drug-likeness (QED) is 0.238. The van der Waals surface area contributed by atoms with Crippen molar-refractivity contribution >= 4 is 17.7 Å². The third kappa shape index (κ3) is 7.92. The van der Waals surface area contributed by atoms with Crippen LogP contribution in [0.25, 0.3) is 11.1 Å². The van der Waals surface area contributed by atoms with E-state index in [-0.39, 0.29) is 18.2 Å². The first-order chi connectivity index (χ1) is 17.5. The second-order valence-electron chi connectivity index (χ2n) is 10.3. The van der Waals surface area contributed by atoms with Gasteiger partial charge in [0.25, 0.3) is 0 Å². The second kappa shape index (κ2) is 12.7. The largest absolute Gasteiger partial charge is 0.478 e. The van der Waals surface area contributed by atoms with Crippen LogP contribution >= 0.6 is 11.8 Å². The molecule has 198 valence electrons. The summed E-state index contributed by atoms with van der Waals surface area (Å²) in [6, 6.07) is 19.9. The van der Waals surface area contributed by atoms with Gasteiger partial charge in [-0.05, 0) is 92.8 Å². The number of hydrogen-bond donors (Lipinski definition) is 3. The highest BCUT2D eigenvalue weighted by molar-refractivity contribution is 7.98. The Hall–Kier alpha value is -2.64. The number of benzene rings is 3. The molecule has 37 heavy (non-hydrogen) atoms. The lowest BCUT2D eigenvalue weighted by atomic mass is 9.94. The van der Waals surface area contributed by atoms with E-state index in [1.54, 1.807) is 24.8 Å². The number of β-amino-alcohol motifs (C(OH)–C–C–N with tert-alkyl or cyclic N) is 1. The van der Waals surface area contributed by atoms with Crippen LogP contribution in [0.15, 0.2) is 65.6 Å². The van der Waals surface area contributed by atoms with E-state index in [1.807, 2.05) is 43.3 Å². The highest BCUT2D eigenvalue weighted by Gasteiger charge is 2.21. The molecule has 0 aliphatic heterocycles. The molecular formula is C31H39NO4S. The molecule has 0 aromatic heterocycles. The Kier molecular flexibility index (Phi) is 9.96. The number of rotatable bonds is 12. The smallest absolute Gasteiger partial charge is 0.335 e. The topological polar surface area (TPSA) is 78.8 Å². The number of ether oxygens (including phenoxy) is 1. The summed E-state index contributed by atoms with van der Waals surface area (Å²) in [5, 5.41) is 23.5. The molecule has 6 heteroatoms. The van der Waals surface area contributed by atoms with Crippen molar-refractivity contribution in [2.45, 2.75) is 63.7 Å². The average molecular weight is 522 g/mol. The van der Waals surface area contributed by atoms with Crippen molar-refractivity contribution in [2.75, 3.05) is 19.4 Å². The predicted octanol–water partition coefficient (Wildman–Crippen LogP) is 6.44. The minimum atomic E-state index is -0.927. The standard InChI is InChI=1S/C31H39NO4S/c1-20-16-24(12-13-26(20)30(34)35)28-10-8-7-9-27(28)22(3)36-19-25(33)18-32-31(4,5)17-23-11-14-29(37-6)21(2)15-23/h7-16,22,25,32-33H,17-19H2,1-6H3,(H,34,35)/t22-,25+/m1/s1. The fourth-order valence-corrected chi connectivity index (χ4v) is 5.19. The molecule has 0 aliphatic carbocycles. The van der Waals surface area contributed by atoms with Crippen LogP contribution in [0.3, 0.4) is 0 Å². The molecule has 0 heterocycles. The Morgan fingerprint density at radius 1 is 1.05 bits per heavy atom. The van der Waals surface area contributed by atoms with Crippen molar-refractivity contribution in [3.63, 3.8) is 0 Å². The number of hydrogen-bond acceptors (Lipinski definition) is 5. The first-order valence-corrected chi connectivity index (χ1v) is 13.8. The van der Waals surface area contributed by atoms with Gasteiger partial charge >= 0.3 is 5.97 Å². The van der Waals surface area contributed by atoms with Crippen molar-refractivity contribution < 1.29 is 19.7 Å². The molecule has 0 radical (unpaired) electrons. The number of aliphatic hydroxyl groups excluding tert-OH is 1. The van der Waals surface area contributed by atoms with Crippen LogP contribution in [0, 0.1) is 13.8 Å². The maximum Gasteiger partial charge on any atom is 0.335 e. The van der Waals surface area contributed by atoms with Gasteiger partial charge in [0.15, 0.2) is 0 Å². The summed E-state index contributed by atoms with van der Waals surface area (Å²) in [7, 11) is 0. The number of thioether (sulfide) groups is 1. The summed E-state index contributed by atoms with van der Waals surface area (Å²) in [5.74, 6) is -0.927. The molecule has 3 N–H and O–H groups in total. The maximum atomic E-state index is 11.4. The number of nitrogens with one attached hydrogen (secondary N) is 1. The molecule has 3 aromatic carbocycles. The van der Waals surface area contributed by atoms with Crippen LogP contribution in [-0.4, -0.2) is 47.2 Å². The molecule has 5 nitrogen and oxygen atoms in total. The number of aromatic carboxylic acids is 1. The third-order valence-corrected chi connectivity index (χ3v) is 7.52. The number of aryl methyl sites for hydroxylation is 2. The zero-order valence-electron chi connectivity index (χ0n) is 22.7. The number of carbonyl (C=O) groups is 1. The van der Waals surface area contributed by atoms with Gasteiger partial charge in [0.05, 0.1) is 24.4 Å². The number of carboxylic acids is 1. The Balaban J connectivity index is 1.58. The normalized spacial score (nSPS) is 13.4. The van der Waals surface area contributed by atoms with E-state index in [0.717, 1.165) is 23.1 Å². The summed E-state index contributed by atoms with van der Waals surface area (Å²) < 4.78 is 6.08. The molecule has 0 amide bonds. The molecule has 0 aliphatic rings. The van der Waals surface area contributed by atoms with Gasteiger partial charge in [-0.25, -0.2) is 4.79 Å². The van der Waals surface area contributed by atoms with Crippen molar-refractivity contribution in [3.05, 3.63) is 88.5 Å². The zero-order valence-corrected chi connectivity index (χ0v) is 23.5. The van der Waals surface area contributed by atoms with Crippen LogP contribution in [0.4, 0.5) is 0 Å². The van der Waals surface area contributed by atoms with E-state index >= 15 is 0 Å². The van der Waals surface area contributed by atoms with Gasteiger partial charge < -0.3 is 20.3 Å². The SMILES string of the molecule is CSc1ccc(CC(C)(C)NC[C@H](O)CO[C@H](C)c2ccccc2-c2ccc(C(=O)O)c(C)c2)cc1C. The van der Waals surface area contributed by atoms with Crippen molar-refractivity contribution in [1.82, 2.24) is 5.32 Å². The Morgan fingerprint density at radius 3 is 2.43 bits per heavy atom. The lowest BCUT2D eigenvalue weighted by molar-refractivity contribution is -0.00397. The van der Waals surface area contributed by atoms with Crippen molar-refractivity contribution in [3.8, 4) is 11.1 Å². The predicted molar refractivity (Wildman–Crippen MR) is 153 cm³/mol. The Labute approximate surface area is 225 Å². The van der Waals surface area contributed by atoms with E-state index in [4.69, 9.17) is 4.74 Å². The fraction of sp³-hybridized carbons (Fsp3) is 0.387. The fourth-order valence-electron chi connectivity index (χ4n) is 4.61. The first-order valence-electron chi connectivity index (χ1n) is 12.6. The molecule has 2 atom stereocenters. The first kappa shape index (κ1) is 28.9. The molecule has 0 spiro atoms. The third-order valence-electron chi connectivity index (χ3n) is 6.63. The van der Waals surface area contributed by atoms with E-state index in [1.165, 1.54) is 16.0 Å². The number of aliphatic hydroxyl groups is 1. The monoisotopic (exact) mass is 521 g/mol. The van der Waals surface area contributed by atoms with Gasteiger partial charge in [0, 0.05) is 17.0 Å². The molecule has 0 bridgehead atoms. The van der Waals surface area contributed by atoms with Crippen LogP contribution in [0.2, 0.25) is 0 Å². The van der Waals surface area contributed by atoms with Crippen molar-refractivity contribution in [2.24, 2.45) is 0 Å². The molecule has 3 rings (SSSR count). The van der Waals surface area contributed by atoms with Gasteiger partial charge in [-0.2, -0.15) is 0 Å². The van der Waals surface area contributed by atoms with E-state index in [0.29, 0.717) is 17.7 Å². The van der Waals surface area contributed by atoms with Crippen LogP contribution < -0.4 is 5.32 Å². The van der Waals surface area contributed by atoms with Gasteiger partial charge in [0.2, 0.25) is 0 Å². The Bertz CT molecular complexity index is 1220. The summed E-state index contributed by atoms with van der Waals surface area (Å²) in [6.45, 7) is 10.9. The van der Waals surface area contributed by atoms with Gasteiger partial charge in [-0.3, -0.25) is 0 Å². The molecule has 0 fully saturated rings. The second-order valence-corrected chi connectivity index (χ2v) is 11.1. The van der Waals surface area contributed by atoms with Gasteiger partial charge in [0.1, 0.15) is 0 Å². The summed E-state index contributed by atoms with van der Waals surface area (Å²) >= 11 is 1.76. The average Bonchev–Trinajstić information content (AvgIpc) is 2.85. The Morgan fingerprint density at radius 2 is 1.78 bits per heavy atom. The highest BCUT2D eigenvalue weighted by Crippen LogP contribution is 2.31. The molecule has 3 aromatic rings. The minimum Gasteiger partial charge on any atom is -0.478 e. The zero-order chi connectivity index (χ0) is 27.2. The summed E-state index contributed by atoms with van der Waals surface area (Å²) in [4.78, 5) is 12.7. The molecular weight excluding hydrogens is 482 g/mol. The van der Waals surface area contributed by atoms with Crippen molar-refractivity contribution in [1.29, 1.82) is 0 Å². The van der Waals surface area contributed by atoms with Crippen LogP contribution in [0.5, 0.6) is 0 Å². The number of carboxylic acid groups (broad SMARTS) is 1. The molecule has 0 unspecified atom stereocenters. The minimum absolute atomic E-state index is 0.174. The van der Waals surface area contributed by atoms with Crippen LogP contribution in [-0.2, 0) is 11.2 Å². The van der Waals surface area contributed by atoms with Crippen LogP contribution in [0.1, 0.15) is 59.5 Å². The highest BCUT2D eigenvalue weighted by atomic mass is 32.2. The molecule has 0 saturated carbocycles. The lowest BCUT2D eigenvalue weighted by Crippen LogP contribution is -2.46. The lowest BCUT2D eigenvalue weighted by Gasteiger charge is -2.29. The van der Waals surface area contributed by atoms with Gasteiger partial charge in [-0.15, -0.1) is 11.8 Å².